The highest BCUT2D eigenvalue weighted by Gasteiger charge is 2.18. The van der Waals surface area contributed by atoms with Crippen molar-refractivity contribution < 1.29 is 19.1 Å². The second-order valence-electron chi connectivity index (χ2n) is 11.2. The van der Waals surface area contributed by atoms with Crippen molar-refractivity contribution in [2.45, 2.75) is 32.1 Å². The Morgan fingerprint density at radius 1 is 0.643 bits per heavy atom. The normalized spacial score (nSPS) is 11.4. The molecule has 0 aliphatic rings. The number of carbonyl (C=O) groups is 2. The van der Waals surface area contributed by atoms with Gasteiger partial charge in [-0.3, -0.25) is 9.59 Å². The van der Waals surface area contributed by atoms with E-state index in [9.17, 15) is 9.59 Å². The Morgan fingerprint density at radius 2 is 1.02 bits per heavy atom. The van der Waals surface area contributed by atoms with Gasteiger partial charge in [0.2, 0.25) is 0 Å². The average Bonchev–Trinajstić information content (AvgIpc) is 3.36. The third kappa shape index (κ3) is 7.94. The molecule has 8 nitrogen and oxygen atoms in total. The number of esters is 2. The monoisotopic (exact) mass is 596 g/mol. The van der Waals surface area contributed by atoms with Crippen LogP contribution in [0.25, 0.3) is 21.8 Å². The van der Waals surface area contributed by atoms with Crippen molar-refractivity contribution in [3.05, 3.63) is 71.0 Å². The molecule has 0 fully saturated rings. The lowest BCUT2D eigenvalue weighted by molar-refractivity contribution is -0.154. The van der Waals surface area contributed by atoms with Gasteiger partial charge in [-0.15, -0.1) is 12.4 Å². The van der Waals surface area contributed by atoms with Crippen LogP contribution in [-0.2, 0) is 58.8 Å². The zero-order valence-electron chi connectivity index (χ0n) is 25.8. The predicted molar refractivity (Wildman–Crippen MR) is 172 cm³/mol. The van der Waals surface area contributed by atoms with Crippen LogP contribution in [0.1, 0.15) is 28.9 Å². The Hall–Kier alpha value is -3.33. The number of fused-ring (bicyclic) bond motifs is 2. The van der Waals surface area contributed by atoms with Gasteiger partial charge in [0, 0.05) is 86.1 Å². The maximum atomic E-state index is 12.5. The van der Waals surface area contributed by atoms with Gasteiger partial charge in [-0.2, -0.15) is 0 Å². The van der Waals surface area contributed by atoms with Crippen LogP contribution >= 0.6 is 12.4 Å². The lowest BCUT2D eigenvalue weighted by atomic mass is 10.1. The summed E-state index contributed by atoms with van der Waals surface area (Å²) in [6.07, 6.45) is 2.62. The van der Waals surface area contributed by atoms with Crippen LogP contribution in [0.3, 0.4) is 0 Å². The van der Waals surface area contributed by atoms with Crippen molar-refractivity contribution in [2.24, 2.45) is 14.1 Å². The van der Waals surface area contributed by atoms with E-state index in [0.29, 0.717) is 12.8 Å². The summed E-state index contributed by atoms with van der Waals surface area (Å²) in [6.45, 7) is 2.30. The first-order chi connectivity index (χ1) is 19.7. The minimum Gasteiger partial charge on any atom is -0.465 e. The van der Waals surface area contributed by atoms with Crippen LogP contribution < -0.4 is 0 Å². The topological polar surface area (TPSA) is 68.9 Å². The standard InChI is InChI=1S/C33H44N4O4.ClH/c1-34(2)19-15-30-26(24-11-7-9-13-28(24)36(30)5)17-21-40-32(38)23-33(39)41-22-18-27-25-12-8-10-14-29(25)37(6)31(27)16-20-35(3)4;/h7-14H,15-23H2,1-6H3;1H. The summed E-state index contributed by atoms with van der Waals surface area (Å²) in [5.74, 6) is -1.11. The number of nitrogens with zero attached hydrogens (tertiary/aromatic N) is 4. The van der Waals surface area contributed by atoms with E-state index in [-0.39, 0.29) is 32.0 Å². The zero-order chi connectivity index (χ0) is 29.5. The molecule has 2 aromatic heterocycles. The van der Waals surface area contributed by atoms with Crippen molar-refractivity contribution in [2.75, 3.05) is 54.5 Å². The van der Waals surface area contributed by atoms with Crippen LogP contribution in [-0.4, -0.2) is 85.4 Å². The van der Waals surface area contributed by atoms with E-state index in [4.69, 9.17) is 9.47 Å². The molecule has 4 rings (SSSR count). The van der Waals surface area contributed by atoms with Gasteiger partial charge >= 0.3 is 11.9 Å². The maximum Gasteiger partial charge on any atom is 0.317 e. The third-order valence-corrected chi connectivity index (χ3v) is 7.80. The predicted octanol–water partition coefficient (Wildman–Crippen LogP) is 4.56. The van der Waals surface area contributed by atoms with Crippen LogP contribution in [0.2, 0.25) is 0 Å². The Kier molecular flexibility index (Phi) is 12.0. The summed E-state index contributed by atoms with van der Waals surface area (Å²) in [6, 6.07) is 16.6. The van der Waals surface area contributed by atoms with Gasteiger partial charge < -0.3 is 28.4 Å². The highest BCUT2D eigenvalue weighted by molar-refractivity contribution is 5.91. The first kappa shape index (κ1) is 33.2. The molecule has 228 valence electrons. The Labute approximate surface area is 255 Å². The molecule has 4 aromatic rings. The van der Waals surface area contributed by atoms with Crippen LogP contribution in [0.5, 0.6) is 0 Å². The molecule has 0 amide bonds. The number of aryl methyl sites for hydroxylation is 2. The van der Waals surface area contributed by atoms with Gasteiger partial charge in [0.25, 0.3) is 0 Å². The number of halogens is 1. The van der Waals surface area contributed by atoms with E-state index < -0.39 is 11.9 Å². The van der Waals surface area contributed by atoms with Crippen molar-refractivity contribution in [3.8, 4) is 0 Å². The highest BCUT2D eigenvalue weighted by atomic mass is 35.5. The van der Waals surface area contributed by atoms with E-state index in [1.807, 2.05) is 24.3 Å². The Morgan fingerprint density at radius 3 is 1.40 bits per heavy atom. The van der Waals surface area contributed by atoms with Crippen molar-refractivity contribution in [1.29, 1.82) is 0 Å². The van der Waals surface area contributed by atoms with Gasteiger partial charge in [0.15, 0.2) is 0 Å². The van der Waals surface area contributed by atoms with Crippen molar-refractivity contribution in [3.63, 3.8) is 0 Å². The van der Waals surface area contributed by atoms with E-state index in [2.05, 4.69) is 85.5 Å². The Balaban J connectivity index is 0.00000484. The minimum atomic E-state index is -0.554. The highest BCUT2D eigenvalue weighted by Crippen LogP contribution is 2.28. The van der Waals surface area contributed by atoms with Gasteiger partial charge in [-0.25, -0.2) is 0 Å². The summed E-state index contributed by atoms with van der Waals surface area (Å²) < 4.78 is 15.4. The lowest BCUT2D eigenvalue weighted by Crippen LogP contribution is -2.18. The fraction of sp³-hybridized carbons (Fsp3) is 0.455. The summed E-state index contributed by atoms with van der Waals surface area (Å²) in [7, 11) is 12.4. The molecule has 2 heterocycles. The van der Waals surface area contributed by atoms with Gasteiger partial charge in [0.05, 0.1) is 13.2 Å². The smallest absolute Gasteiger partial charge is 0.317 e. The number of rotatable bonds is 14. The molecular weight excluding hydrogens is 552 g/mol. The quantitative estimate of drug-likeness (QED) is 0.157. The van der Waals surface area contributed by atoms with Crippen molar-refractivity contribution in [1.82, 2.24) is 18.9 Å². The summed E-state index contributed by atoms with van der Waals surface area (Å²) >= 11 is 0. The molecule has 0 aliphatic heterocycles. The van der Waals surface area contributed by atoms with Crippen LogP contribution in [0, 0.1) is 0 Å². The first-order valence-electron chi connectivity index (χ1n) is 14.4. The average molecular weight is 597 g/mol. The molecule has 0 aliphatic carbocycles. The second-order valence-corrected chi connectivity index (χ2v) is 11.2. The maximum absolute atomic E-state index is 12.5. The summed E-state index contributed by atoms with van der Waals surface area (Å²) in [5.41, 5.74) is 7.22. The van der Waals surface area contributed by atoms with Crippen molar-refractivity contribution >= 4 is 46.2 Å². The molecule has 0 N–H and O–H groups in total. The summed E-state index contributed by atoms with van der Waals surface area (Å²) in [4.78, 5) is 29.3. The Bertz CT molecular complexity index is 1390. The van der Waals surface area contributed by atoms with Gasteiger partial charge in [0.1, 0.15) is 6.42 Å². The molecule has 0 radical (unpaired) electrons. The molecule has 0 spiro atoms. The number of likely N-dealkylation sites (N-methyl/N-ethyl adjacent to an activating group) is 2. The molecule has 0 unspecified atom stereocenters. The molecular formula is C33H45ClN4O4. The van der Waals surface area contributed by atoms with Gasteiger partial charge in [-0.05, 0) is 51.5 Å². The minimum absolute atomic E-state index is 0. The van der Waals surface area contributed by atoms with E-state index in [0.717, 1.165) is 25.9 Å². The molecule has 2 aromatic carbocycles. The van der Waals surface area contributed by atoms with E-state index in [1.165, 1.54) is 44.3 Å². The lowest BCUT2D eigenvalue weighted by Gasteiger charge is -2.13. The molecule has 9 heteroatoms. The molecule has 42 heavy (non-hydrogen) atoms. The SMILES string of the molecule is CN(C)CCc1c(CCOC(=O)CC(=O)OCCc2c(CCN(C)C)n(C)c3ccccc23)c2ccccc2n1C.Cl. The third-order valence-electron chi connectivity index (χ3n) is 7.80. The van der Waals surface area contributed by atoms with Crippen LogP contribution in [0.4, 0.5) is 0 Å². The van der Waals surface area contributed by atoms with E-state index in [1.54, 1.807) is 0 Å². The number of benzene rings is 2. The number of para-hydroxylation sites is 2. The number of ether oxygens (including phenoxy) is 2. The first-order valence-corrected chi connectivity index (χ1v) is 14.4. The largest absolute Gasteiger partial charge is 0.465 e. The molecule has 0 atom stereocenters. The van der Waals surface area contributed by atoms with Gasteiger partial charge in [-0.1, -0.05) is 36.4 Å². The van der Waals surface area contributed by atoms with Crippen LogP contribution in [0.15, 0.2) is 48.5 Å². The number of aromatic nitrogens is 2. The zero-order valence-corrected chi connectivity index (χ0v) is 26.6. The second kappa shape index (κ2) is 15.2. The molecule has 0 saturated carbocycles. The fourth-order valence-corrected chi connectivity index (χ4v) is 5.66. The fourth-order valence-electron chi connectivity index (χ4n) is 5.66. The molecule has 0 saturated heterocycles. The number of carbonyl (C=O) groups excluding carboxylic acids is 2. The number of hydrogen-bond donors (Lipinski definition) is 0. The summed E-state index contributed by atoms with van der Waals surface area (Å²) in [5, 5.41) is 2.36. The van der Waals surface area contributed by atoms with E-state index >= 15 is 0 Å². The molecule has 0 bridgehead atoms. The number of hydrogen-bond acceptors (Lipinski definition) is 6.